The minimum Gasteiger partial charge on any atom is -0.435 e. The molecule has 0 bridgehead atoms. The Balaban J connectivity index is 4.00. The molecular formula is C10H25O2Si3. The summed E-state index contributed by atoms with van der Waals surface area (Å²) in [5, 5.41) is 0. The van der Waals surface area contributed by atoms with Crippen molar-refractivity contribution in [1.29, 1.82) is 0 Å². The Bertz CT molecular complexity index is 125. The Labute approximate surface area is 101 Å². The molecule has 3 radical (unpaired) electrons. The van der Waals surface area contributed by atoms with E-state index in [9.17, 15) is 0 Å². The van der Waals surface area contributed by atoms with Gasteiger partial charge in [-0.05, 0) is 30.2 Å². The van der Waals surface area contributed by atoms with Crippen LogP contribution in [-0.2, 0) is 8.23 Å². The summed E-state index contributed by atoms with van der Waals surface area (Å²) in [4.78, 5) is 0. The summed E-state index contributed by atoms with van der Waals surface area (Å²) in [7, 11) is -2.06. The van der Waals surface area contributed by atoms with E-state index in [0.717, 1.165) is 6.04 Å². The number of hydrogen-bond donors (Lipinski definition) is 0. The zero-order valence-corrected chi connectivity index (χ0v) is 13.9. The van der Waals surface area contributed by atoms with Gasteiger partial charge in [0.15, 0.2) is 18.1 Å². The average Bonchev–Trinajstić information content (AvgIpc) is 2.30. The molecule has 0 rings (SSSR count). The molecule has 0 aliphatic rings. The lowest BCUT2D eigenvalue weighted by atomic mass is 11.0. The maximum Gasteiger partial charge on any atom is 0.362 e. The van der Waals surface area contributed by atoms with Crippen LogP contribution in [0.3, 0.4) is 0 Å². The summed E-state index contributed by atoms with van der Waals surface area (Å²) in [5.41, 5.74) is 0. The summed E-state index contributed by atoms with van der Waals surface area (Å²) < 4.78 is 12.3. The molecule has 0 fully saturated rings. The fourth-order valence-electron chi connectivity index (χ4n) is 1.28. The predicted octanol–water partition coefficient (Wildman–Crippen LogP) is 3.59. The molecule has 2 nitrogen and oxygen atoms in total. The Morgan fingerprint density at radius 2 is 0.933 bits per heavy atom. The molecule has 0 amide bonds. The van der Waals surface area contributed by atoms with Gasteiger partial charge in [0.2, 0.25) is 0 Å². The summed E-state index contributed by atoms with van der Waals surface area (Å²) in [6, 6.07) is 5.92. The molecule has 15 heavy (non-hydrogen) atoms. The van der Waals surface area contributed by atoms with Crippen molar-refractivity contribution in [1.82, 2.24) is 0 Å². The van der Waals surface area contributed by atoms with E-state index in [2.05, 4.69) is 34.6 Å². The lowest BCUT2D eigenvalue weighted by Crippen LogP contribution is -2.35. The second-order valence-electron chi connectivity index (χ2n) is 3.42. The standard InChI is InChI=1S/C10H25O2Si3/c1-6-13(7-2)11-15(10-5)12-14(8-3)9-4/h6-10H2,1-5H3. The second kappa shape index (κ2) is 9.77. The van der Waals surface area contributed by atoms with Crippen LogP contribution >= 0.6 is 0 Å². The topological polar surface area (TPSA) is 18.5 Å². The maximum absolute atomic E-state index is 6.14. The first-order chi connectivity index (χ1) is 7.21. The molecule has 0 aliphatic carbocycles. The van der Waals surface area contributed by atoms with Gasteiger partial charge >= 0.3 is 9.28 Å². The van der Waals surface area contributed by atoms with Crippen molar-refractivity contribution < 1.29 is 8.23 Å². The zero-order chi connectivity index (χ0) is 11.7. The monoisotopic (exact) mass is 261 g/mol. The van der Waals surface area contributed by atoms with Crippen LogP contribution in [0.5, 0.6) is 0 Å². The van der Waals surface area contributed by atoms with Gasteiger partial charge in [0.05, 0.1) is 0 Å². The zero-order valence-electron chi connectivity index (χ0n) is 10.9. The van der Waals surface area contributed by atoms with Crippen LogP contribution in [0.15, 0.2) is 0 Å². The van der Waals surface area contributed by atoms with Gasteiger partial charge in [-0.3, -0.25) is 0 Å². The maximum atomic E-state index is 6.14. The van der Waals surface area contributed by atoms with E-state index < -0.39 is 27.4 Å². The van der Waals surface area contributed by atoms with E-state index in [-0.39, 0.29) is 0 Å². The molecule has 0 unspecified atom stereocenters. The number of rotatable bonds is 9. The molecule has 0 saturated carbocycles. The van der Waals surface area contributed by atoms with Crippen LogP contribution in [0.4, 0.5) is 0 Å². The van der Waals surface area contributed by atoms with E-state index in [0.29, 0.717) is 0 Å². The first-order valence-corrected chi connectivity index (χ1v) is 11.3. The van der Waals surface area contributed by atoms with Gasteiger partial charge in [-0.15, -0.1) is 0 Å². The van der Waals surface area contributed by atoms with E-state index >= 15 is 0 Å². The van der Waals surface area contributed by atoms with Crippen molar-refractivity contribution in [3.05, 3.63) is 0 Å². The van der Waals surface area contributed by atoms with Gasteiger partial charge < -0.3 is 8.23 Å². The van der Waals surface area contributed by atoms with Crippen molar-refractivity contribution in [2.45, 2.75) is 64.8 Å². The van der Waals surface area contributed by atoms with Gasteiger partial charge in [-0.25, -0.2) is 0 Å². The third-order valence-electron chi connectivity index (χ3n) is 2.38. The molecule has 0 aliphatic heterocycles. The SMILES string of the molecule is CC[Si](CC)O[Si](CC)O[Si](CC)CC. The molecule has 0 saturated heterocycles. The number of hydrogen-bond acceptors (Lipinski definition) is 2. The molecule has 0 aromatic rings. The molecule has 0 N–H and O–H groups in total. The lowest BCUT2D eigenvalue weighted by Gasteiger charge is -2.22. The minimum absolute atomic E-state index is 0.559. The van der Waals surface area contributed by atoms with E-state index in [1.165, 1.54) is 24.2 Å². The molecule has 89 valence electrons. The van der Waals surface area contributed by atoms with Crippen molar-refractivity contribution >= 4 is 27.4 Å². The van der Waals surface area contributed by atoms with Crippen molar-refractivity contribution in [2.24, 2.45) is 0 Å². The summed E-state index contributed by atoms with van der Waals surface area (Å²) in [5.74, 6) is 0. The molecule has 0 heterocycles. The molecule has 0 aromatic heterocycles. The normalized spacial score (nSPS) is 12.0. The Morgan fingerprint density at radius 3 is 1.13 bits per heavy atom. The van der Waals surface area contributed by atoms with Crippen LogP contribution in [0, 0.1) is 0 Å². The molecule has 0 aromatic carbocycles. The first kappa shape index (κ1) is 15.6. The molecule has 0 spiro atoms. The first-order valence-electron chi connectivity index (χ1n) is 6.12. The van der Waals surface area contributed by atoms with Crippen LogP contribution < -0.4 is 0 Å². The second-order valence-corrected chi connectivity index (χ2v) is 11.5. The largest absolute Gasteiger partial charge is 0.435 e. The highest BCUT2D eigenvalue weighted by molar-refractivity contribution is 6.68. The highest BCUT2D eigenvalue weighted by Gasteiger charge is 2.22. The van der Waals surface area contributed by atoms with Gasteiger partial charge in [0.1, 0.15) is 0 Å². The Morgan fingerprint density at radius 1 is 0.600 bits per heavy atom. The lowest BCUT2D eigenvalue weighted by molar-refractivity contribution is 0.429. The summed E-state index contributed by atoms with van der Waals surface area (Å²) in [6.45, 7) is 11.1. The van der Waals surface area contributed by atoms with Gasteiger partial charge in [0.25, 0.3) is 0 Å². The van der Waals surface area contributed by atoms with Crippen molar-refractivity contribution in [3.63, 3.8) is 0 Å². The van der Waals surface area contributed by atoms with Gasteiger partial charge in [0, 0.05) is 0 Å². The Hall–Kier alpha value is 0.571. The highest BCUT2D eigenvalue weighted by Crippen LogP contribution is 2.10. The van der Waals surface area contributed by atoms with E-state index in [1.54, 1.807) is 0 Å². The van der Waals surface area contributed by atoms with Crippen LogP contribution in [0.25, 0.3) is 0 Å². The Kier molecular flexibility index (Phi) is 10.1. The van der Waals surface area contributed by atoms with Crippen molar-refractivity contribution in [2.75, 3.05) is 0 Å². The third kappa shape index (κ3) is 6.68. The van der Waals surface area contributed by atoms with Gasteiger partial charge in [-0.1, -0.05) is 34.6 Å². The molecule has 5 heteroatoms. The van der Waals surface area contributed by atoms with E-state index in [4.69, 9.17) is 8.23 Å². The fraction of sp³-hybridized carbons (Fsp3) is 1.00. The quantitative estimate of drug-likeness (QED) is 0.591. The molecule has 0 atom stereocenters. The third-order valence-corrected chi connectivity index (χ3v) is 10.2. The predicted molar refractivity (Wildman–Crippen MR) is 71.8 cm³/mol. The fourth-order valence-corrected chi connectivity index (χ4v) is 8.86. The minimum atomic E-state index is -0.939. The molecular weight excluding hydrogens is 236 g/mol. The highest BCUT2D eigenvalue weighted by atomic mass is 28.4. The average molecular weight is 262 g/mol. The van der Waals surface area contributed by atoms with Crippen LogP contribution in [-0.4, -0.2) is 27.4 Å². The van der Waals surface area contributed by atoms with Crippen LogP contribution in [0.1, 0.15) is 34.6 Å². The van der Waals surface area contributed by atoms with Crippen molar-refractivity contribution in [3.8, 4) is 0 Å². The summed E-state index contributed by atoms with van der Waals surface area (Å²) in [6.07, 6.45) is 0. The van der Waals surface area contributed by atoms with E-state index in [1.807, 2.05) is 0 Å². The smallest absolute Gasteiger partial charge is 0.362 e. The summed E-state index contributed by atoms with van der Waals surface area (Å²) >= 11 is 0. The van der Waals surface area contributed by atoms with Gasteiger partial charge in [-0.2, -0.15) is 0 Å². The van der Waals surface area contributed by atoms with Crippen LogP contribution in [0.2, 0.25) is 30.2 Å².